The maximum absolute atomic E-state index is 13.5. The van der Waals surface area contributed by atoms with Crippen molar-refractivity contribution in [3.63, 3.8) is 0 Å². The third kappa shape index (κ3) is 3.09. The number of allylic oxidation sites excluding steroid dienone is 2. The molecule has 6 heteroatoms. The van der Waals surface area contributed by atoms with Crippen LogP contribution in [0.3, 0.4) is 0 Å². The minimum Gasteiger partial charge on any atom is -0.392 e. The fourth-order valence-electron chi connectivity index (χ4n) is 6.05. The molecule has 0 aromatic carbocycles. The Labute approximate surface area is 165 Å². The summed E-state index contributed by atoms with van der Waals surface area (Å²) in [5.74, 6) is -0.118. The van der Waals surface area contributed by atoms with Crippen molar-refractivity contribution in [2.75, 3.05) is 5.75 Å². The van der Waals surface area contributed by atoms with Gasteiger partial charge in [-0.25, -0.2) is 4.31 Å². The summed E-state index contributed by atoms with van der Waals surface area (Å²) in [6, 6.07) is -0.124. The number of aliphatic hydroxyl groups is 1. The van der Waals surface area contributed by atoms with Gasteiger partial charge < -0.3 is 5.11 Å². The summed E-state index contributed by atoms with van der Waals surface area (Å²) >= 11 is 0. The van der Waals surface area contributed by atoms with Crippen LogP contribution < -0.4 is 0 Å². The van der Waals surface area contributed by atoms with Crippen LogP contribution in [0, 0.1) is 22.7 Å². The third-order valence-corrected chi connectivity index (χ3v) is 9.75. The van der Waals surface area contributed by atoms with Crippen LogP contribution in [0.15, 0.2) is 25.3 Å². The van der Waals surface area contributed by atoms with E-state index >= 15 is 0 Å². The molecule has 3 fully saturated rings. The Bertz CT molecular complexity index is 619. The first-order valence-corrected chi connectivity index (χ1v) is 11.8. The largest absolute Gasteiger partial charge is 0.392 e. The highest BCUT2D eigenvalue weighted by atomic mass is 32.3. The Kier molecular flexibility index (Phi) is 5.58. The van der Waals surface area contributed by atoms with Gasteiger partial charge in [0.05, 0.1) is 23.8 Å². The van der Waals surface area contributed by atoms with Crippen molar-refractivity contribution in [3.8, 4) is 0 Å². The summed E-state index contributed by atoms with van der Waals surface area (Å²) in [5.41, 5.74) is -0.199. The van der Waals surface area contributed by atoms with Gasteiger partial charge in [-0.3, -0.25) is 13.9 Å². The van der Waals surface area contributed by atoms with Crippen molar-refractivity contribution in [2.45, 2.75) is 70.9 Å². The first-order valence-electron chi connectivity index (χ1n) is 10.1. The minimum atomic E-state index is -3.16. The van der Waals surface area contributed by atoms with E-state index in [0.29, 0.717) is 31.6 Å². The third-order valence-electron chi connectivity index (χ3n) is 7.78. The van der Waals surface area contributed by atoms with Gasteiger partial charge in [0.2, 0.25) is 5.91 Å². The molecule has 5 atom stereocenters. The number of rotatable bonds is 8. The van der Waals surface area contributed by atoms with E-state index in [-0.39, 0.29) is 28.5 Å². The van der Waals surface area contributed by atoms with Crippen LogP contribution in [-0.2, 0) is 4.79 Å². The number of carbonyl (C=O) groups is 1. The molecule has 3 rings (SSSR count). The van der Waals surface area contributed by atoms with Gasteiger partial charge in [-0.1, -0.05) is 26.0 Å². The second-order valence-electron chi connectivity index (χ2n) is 9.21. The second kappa shape index (κ2) is 7.21. The van der Waals surface area contributed by atoms with Gasteiger partial charge in [-0.15, -0.1) is 23.9 Å². The van der Waals surface area contributed by atoms with Crippen LogP contribution in [-0.4, -0.2) is 42.3 Å². The lowest BCUT2D eigenvalue weighted by atomic mass is 9.69. The molecule has 5 nitrogen and oxygen atoms in total. The van der Waals surface area contributed by atoms with E-state index in [1.54, 1.807) is 12.2 Å². The van der Waals surface area contributed by atoms with E-state index in [0.717, 1.165) is 19.3 Å². The predicted octanol–water partition coefficient (Wildman–Crippen LogP) is 4.60. The molecule has 0 radical (unpaired) electrons. The molecule has 0 unspecified atom stereocenters. The lowest BCUT2D eigenvalue weighted by molar-refractivity contribution is -0.137. The maximum atomic E-state index is 13.5. The SMILES string of the molecule is C=CCC[C@@H](O)[C@@H](CCC=C)C(=O)N1[C@H]2C[C@@H]3CC[C@@]2(CS1(O)O)C3(C)C. The van der Waals surface area contributed by atoms with Crippen molar-refractivity contribution in [2.24, 2.45) is 22.7 Å². The molecule has 3 N–H and O–H groups in total. The smallest absolute Gasteiger partial charge is 0.246 e. The number of fused-ring (bicyclic) bond motifs is 1. The van der Waals surface area contributed by atoms with Gasteiger partial charge in [0.25, 0.3) is 0 Å². The van der Waals surface area contributed by atoms with E-state index < -0.39 is 22.8 Å². The zero-order chi connectivity index (χ0) is 20.0. The molecule has 0 aromatic heterocycles. The highest BCUT2D eigenvalue weighted by molar-refractivity contribution is 8.22. The minimum absolute atomic E-state index is 0.00841. The van der Waals surface area contributed by atoms with Gasteiger partial charge in [0.15, 0.2) is 0 Å². The summed E-state index contributed by atoms with van der Waals surface area (Å²) in [6.07, 6.45) is 7.71. The predicted molar refractivity (Wildman–Crippen MR) is 110 cm³/mol. The van der Waals surface area contributed by atoms with Crippen LogP contribution >= 0.6 is 10.8 Å². The molecular weight excluding hydrogens is 362 g/mol. The first kappa shape index (κ1) is 20.9. The molecule has 154 valence electrons. The second-order valence-corrected chi connectivity index (χ2v) is 11.2. The molecule has 1 saturated heterocycles. The molecule has 1 heterocycles. The Balaban J connectivity index is 1.89. The molecule has 1 spiro atoms. The van der Waals surface area contributed by atoms with Crippen LogP contribution in [0.1, 0.15) is 58.8 Å². The molecule has 2 aliphatic carbocycles. The Morgan fingerprint density at radius 2 is 1.89 bits per heavy atom. The number of amides is 1. The number of hydrogen-bond acceptors (Lipinski definition) is 4. The van der Waals surface area contributed by atoms with E-state index in [1.165, 1.54) is 4.31 Å². The van der Waals surface area contributed by atoms with E-state index in [9.17, 15) is 19.0 Å². The lowest BCUT2D eigenvalue weighted by Gasteiger charge is -2.42. The number of aliphatic hydroxyl groups excluding tert-OH is 1. The molecule has 1 amide bonds. The van der Waals surface area contributed by atoms with Crippen molar-refractivity contribution < 1.29 is 19.0 Å². The quantitative estimate of drug-likeness (QED) is 0.523. The monoisotopic (exact) mass is 397 g/mol. The van der Waals surface area contributed by atoms with E-state index in [1.807, 2.05) is 0 Å². The van der Waals surface area contributed by atoms with Crippen molar-refractivity contribution in [1.82, 2.24) is 4.31 Å². The van der Waals surface area contributed by atoms with Crippen LogP contribution in [0.25, 0.3) is 0 Å². The zero-order valence-electron chi connectivity index (χ0n) is 16.6. The van der Waals surface area contributed by atoms with E-state index in [2.05, 4.69) is 27.0 Å². The Morgan fingerprint density at radius 1 is 1.26 bits per heavy atom. The molecule has 27 heavy (non-hydrogen) atoms. The van der Waals surface area contributed by atoms with Crippen molar-refractivity contribution in [1.29, 1.82) is 0 Å². The summed E-state index contributed by atoms with van der Waals surface area (Å²) in [4.78, 5) is 13.5. The first-order chi connectivity index (χ1) is 12.6. The lowest BCUT2D eigenvalue weighted by Crippen LogP contribution is -2.47. The average Bonchev–Trinajstić information content (AvgIpc) is 3.07. The van der Waals surface area contributed by atoms with Gasteiger partial charge in [0.1, 0.15) is 0 Å². The summed E-state index contributed by atoms with van der Waals surface area (Å²) in [6.45, 7) is 11.9. The fraction of sp³-hybridized carbons (Fsp3) is 0.762. The fourth-order valence-corrected chi connectivity index (χ4v) is 8.71. The van der Waals surface area contributed by atoms with Crippen LogP contribution in [0.2, 0.25) is 0 Å². The Hall–Kier alpha value is -0.820. The number of nitrogens with zero attached hydrogens (tertiary/aromatic N) is 1. The van der Waals surface area contributed by atoms with Crippen molar-refractivity contribution >= 4 is 16.7 Å². The number of hydrogen-bond donors (Lipinski definition) is 3. The summed E-state index contributed by atoms with van der Waals surface area (Å²) in [5, 5.41) is 10.7. The molecule has 1 aliphatic heterocycles. The van der Waals surface area contributed by atoms with Crippen LogP contribution in [0.5, 0.6) is 0 Å². The molecule has 2 bridgehead atoms. The highest BCUT2D eigenvalue weighted by Gasteiger charge is 2.72. The zero-order valence-corrected chi connectivity index (χ0v) is 17.5. The van der Waals surface area contributed by atoms with Crippen LogP contribution in [0.4, 0.5) is 0 Å². The van der Waals surface area contributed by atoms with Gasteiger partial charge in [-0.2, -0.15) is 0 Å². The Morgan fingerprint density at radius 3 is 2.48 bits per heavy atom. The maximum Gasteiger partial charge on any atom is 0.246 e. The van der Waals surface area contributed by atoms with E-state index in [4.69, 9.17) is 0 Å². The van der Waals surface area contributed by atoms with Crippen molar-refractivity contribution in [3.05, 3.63) is 25.3 Å². The average molecular weight is 398 g/mol. The molecular formula is C21H35NO4S. The summed E-state index contributed by atoms with van der Waals surface area (Å²) < 4.78 is 23.3. The highest BCUT2D eigenvalue weighted by Crippen LogP contribution is 2.76. The molecule has 2 saturated carbocycles. The summed E-state index contributed by atoms with van der Waals surface area (Å²) in [7, 11) is -3.16. The number of carbonyl (C=O) groups excluding carboxylic acids is 1. The normalized spacial score (nSPS) is 36.1. The topological polar surface area (TPSA) is 81.0 Å². The van der Waals surface area contributed by atoms with Gasteiger partial charge in [0, 0.05) is 5.41 Å². The van der Waals surface area contributed by atoms with Gasteiger partial charge >= 0.3 is 0 Å². The molecule has 3 aliphatic rings. The standard InChI is InChI=1S/C21H35NO4S/c1-5-7-9-16(17(23)10-8-6-2)19(24)22-18-13-15-11-12-21(18,20(15,3)4)14-27(22,25)26/h5-6,15-18,23,25-26H,1-2,7-14H2,3-4H3/t15-,16+,17+,18-,21-/m0/s1. The van der Waals surface area contributed by atoms with Gasteiger partial charge in [-0.05, 0) is 56.3 Å². The molecule has 0 aromatic rings.